The van der Waals surface area contributed by atoms with E-state index in [0.717, 1.165) is 11.3 Å². The number of carboxylic acid groups (broad SMARTS) is 1. The van der Waals surface area contributed by atoms with Crippen molar-refractivity contribution < 1.29 is 9.90 Å². The van der Waals surface area contributed by atoms with Crippen molar-refractivity contribution in [2.75, 3.05) is 0 Å². The Bertz CT molecular complexity index is 546. The second-order valence-electron chi connectivity index (χ2n) is 4.85. The summed E-state index contributed by atoms with van der Waals surface area (Å²) >= 11 is 1.61. The van der Waals surface area contributed by atoms with Crippen molar-refractivity contribution in [3.8, 4) is 0 Å². The first-order valence-corrected chi connectivity index (χ1v) is 7.14. The van der Waals surface area contributed by atoms with Crippen LogP contribution in [0.15, 0.2) is 17.5 Å². The first kappa shape index (κ1) is 13.7. The van der Waals surface area contributed by atoms with Crippen LogP contribution >= 0.6 is 11.3 Å². The molecule has 0 fully saturated rings. The third-order valence-corrected chi connectivity index (χ3v) is 3.76. The van der Waals surface area contributed by atoms with Gasteiger partial charge in [0.15, 0.2) is 5.69 Å². The maximum absolute atomic E-state index is 11.2. The molecule has 0 saturated carbocycles. The number of aromatic nitrogens is 3. The monoisotopic (exact) mass is 279 g/mol. The molecule has 0 spiro atoms. The maximum Gasteiger partial charge on any atom is 0.358 e. The third kappa shape index (κ3) is 3.41. The molecule has 5 nitrogen and oxygen atoms in total. The van der Waals surface area contributed by atoms with E-state index in [1.54, 1.807) is 16.0 Å². The van der Waals surface area contributed by atoms with Gasteiger partial charge in [-0.2, -0.15) is 0 Å². The zero-order valence-corrected chi connectivity index (χ0v) is 11.9. The van der Waals surface area contributed by atoms with Gasteiger partial charge in [0.1, 0.15) is 0 Å². The Morgan fingerprint density at radius 1 is 1.53 bits per heavy atom. The summed E-state index contributed by atoms with van der Waals surface area (Å²) in [7, 11) is 0. The van der Waals surface area contributed by atoms with Crippen molar-refractivity contribution in [3.05, 3.63) is 33.8 Å². The molecule has 0 aliphatic carbocycles. The molecule has 2 rings (SSSR count). The van der Waals surface area contributed by atoms with Crippen LogP contribution in [0.5, 0.6) is 0 Å². The lowest BCUT2D eigenvalue weighted by Crippen LogP contribution is -2.10. The van der Waals surface area contributed by atoms with E-state index in [2.05, 4.69) is 24.2 Å². The van der Waals surface area contributed by atoms with Gasteiger partial charge >= 0.3 is 5.97 Å². The largest absolute Gasteiger partial charge is 0.476 e. The molecular weight excluding hydrogens is 262 g/mol. The summed E-state index contributed by atoms with van der Waals surface area (Å²) in [5, 5.41) is 18.9. The Morgan fingerprint density at radius 2 is 2.32 bits per heavy atom. The van der Waals surface area contributed by atoms with Crippen molar-refractivity contribution in [2.45, 2.75) is 33.2 Å². The molecule has 0 unspecified atom stereocenters. The van der Waals surface area contributed by atoms with E-state index in [0.29, 0.717) is 24.6 Å². The number of hydrogen-bond acceptors (Lipinski definition) is 4. The number of hydrogen-bond donors (Lipinski definition) is 1. The lowest BCUT2D eigenvalue weighted by molar-refractivity contribution is 0.0689. The summed E-state index contributed by atoms with van der Waals surface area (Å²) in [5.74, 6) is -0.464. The molecule has 0 aliphatic rings. The predicted octanol–water partition coefficient (Wildman–Crippen LogP) is 2.67. The Kier molecular flexibility index (Phi) is 4.31. The van der Waals surface area contributed by atoms with E-state index in [1.165, 1.54) is 0 Å². The number of aryl methyl sites for hydroxylation is 1. The van der Waals surface area contributed by atoms with Crippen LogP contribution in [0.4, 0.5) is 0 Å². The summed E-state index contributed by atoms with van der Waals surface area (Å²) < 4.78 is 1.73. The summed E-state index contributed by atoms with van der Waals surface area (Å²) in [5.41, 5.74) is 0.757. The van der Waals surface area contributed by atoms with Gasteiger partial charge in [-0.15, -0.1) is 16.4 Å². The minimum absolute atomic E-state index is 0.0668. The van der Waals surface area contributed by atoms with Crippen LogP contribution in [0.3, 0.4) is 0 Å². The first-order chi connectivity index (χ1) is 9.08. The fourth-order valence-corrected chi connectivity index (χ4v) is 2.52. The summed E-state index contributed by atoms with van der Waals surface area (Å²) in [6, 6.07) is 3.96. The van der Waals surface area contributed by atoms with Gasteiger partial charge in [0.05, 0.1) is 5.69 Å². The lowest BCUT2D eigenvalue weighted by Gasteiger charge is -2.08. The fourth-order valence-electron chi connectivity index (χ4n) is 1.81. The van der Waals surface area contributed by atoms with Gasteiger partial charge in [-0.3, -0.25) is 0 Å². The van der Waals surface area contributed by atoms with Crippen LogP contribution in [-0.4, -0.2) is 26.1 Å². The highest BCUT2D eigenvalue weighted by molar-refractivity contribution is 7.09. The minimum Gasteiger partial charge on any atom is -0.476 e. The molecule has 0 aliphatic heterocycles. The number of rotatable bonds is 6. The van der Waals surface area contributed by atoms with E-state index in [-0.39, 0.29) is 5.69 Å². The quantitative estimate of drug-likeness (QED) is 0.882. The standard InChI is InChI=1S/C13H17N3O2S/c1-9(2)5-6-16-11(8-10-4-3-7-19-10)12(13(17)18)14-15-16/h3-4,7,9H,5-6,8H2,1-2H3,(H,17,18). The number of nitrogens with zero attached hydrogens (tertiary/aromatic N) is 3. The summed E-state index contributed by atoms with van der Waals surface area (Å²) in [6.07, 6.45) is 1.53. The SMILES string of the molecule is CC(C)CCn1nnc(C(=O)O)c1Cc1cccs1. The van der Waals surface area contributed by atoms with Crippen molar-refractivity contribution in [1.82, 2.24) is 15.0 Å². The topological polar surface area (TPSA) is 68.0 Å². The molecule has 0 amide bonds. The Morgan fingerprint density at radius 3 is 2.89 bits per heavy atom. The molecule has 1 N–H and O–H groups in total. The van der Waals surface area contributed by atoms with Gasteiger partial charge in [-0.25, -0.2) is 9.48 Å². The fraction of sp³-hybridized carbons (Fsp3) is 0.462. The van der Waals surface area contributed by atoms with E-state index in [1.807, 2.05) is 17.5 Å². The highest BCUT2D eigenvalue weighted by Gasteiger charge is 2.19. The number of carboxylic acids is 1. The minimum atomic E-state index is -1.01. The molecule has 2 heterocycles. The molecule has 0 atom stereocenters. The van der Waals surface area contributed by atoms with Gasteiger partial charge < -0.3 is 5.11 Å². The molecule has 0 saturated heterocycles. The van der Waals surface area contributed by atoms with E-state index >= 15 is 0 Å². The van der Waals surface area contributed by atoms with Gasteiger partial charge in [0.2, 0.25) is 0 Å². The number of aromatic carboxylic acids is 1. The van der Waals surface area contributed by atoms with E-state index < -0.39 is 5.97 Å². The molecule has 0 radical (unpaired) electrons. The zero-order chi connectivity index (χ0) is 13.8. The van der Waals surface area contributed by atoms with E-state index in [9.17, 15) is 9.90 Å². The van der Waals surface area contributed by atoms with Crippen molar-refractivity contribution >= 4 is 17.3 Å². The molecule has 19 heavy (non-hydrogen) atoms. The molecule has 0 bridgehead atoms. The van der Waals surface area contributed by atoms with Crippen LogP contribution < -0.4 is 0 Å². The predicted molar refractivity (Wildman–Crippen MR) is 73.6 cm³/mol. The average molecular weight is 279 g/mol. The summed E-state index contributed by atoms with van der Waals surface area (Å²) in [4.78, 5) is 12.3. The lowest BCUT2D eigenvalue weighted by atomic mass is 10.1. The second-order valence-corrected chi connectivity index (χ2v) is 5.88. The zero-order valence-electron chi connectivity index (χ0n) is 11.0. The van der Waals surface area contributed by atoms with Gasteiger partial charge in [0, 0.05) is 17.8 Å². The van der Waals surface area contributed by atoms with Crippen molar-refractivity contribution in [3.63, 3.8) is 0 Å². The molecule has 6 heteroatoms. The third-order valence-electron chi connectivity index (χ3n) is 2.88. The Balaban J connectivity index is 2.25. The highest BCUT2D eigenvalue weighted by Crippen LogP contribution is 2.17. The maximum atomic E-state index is 11.2. The molecule has 2 aromatic rings. The van der Waals surface area contributed by atoms with Crippen molar-refractivity contribution in [2.24, 2.45) is 5.92 Å². The molecule has 0 aromatic carbocycles. The van der Waals surface area contributed by atoms with Gasteiger partial charge in [-0.05, 0) is 23.8 Å². The smallest absolute Gasteiger partial charge is 0.358 e. The van der Waals surface area contributed by atoms with E-state index in [4.69, 9.17) is 0 Å². The second kappa shape index (κ2) is 5.97. The first-order valence-electron chi connectivity index (χ1n) is 6.26. The highest BCUT2D eigenvalue weighted by atomic mass is 32.1. The number of carbonyl (C=O) groups is 1. The normalized spacial score (nSPS) is 11.1. The van der Waals surface area contributed by atoms with Crippen molar-refractivity contribution in [1.29, 1.82) is 0 Å². The van der Waals surface area contributed by atoms with Gasteiger partial charge in [0.25, 0.3) is 0 Å². The molecule has 2 aromatic heterocycles. The van der Waals surface area contributed by atoms with Crippen LogP contribution in [-0.2, 0) is 13.0 Å². The van der Waals surface area contributed by atoms with Crippen LogP contribution in [0.1, 0.15) is 41.3 Å². The van der Waals surface area contributed by atoms with Crippen LogP contribution in [0.2, 0.25) is 0 Å². The number of thiophene rings is 1. The Labute approximate surface area is 115 Å². The average Bonchev–Trinajstić information content (AvgIpc) is 2.96. The molecule has 102 valence electrons. The van der Waals surface area contributed by atoms with Gasteiger partial charge in [-0.1, -0.05) is 25.1 Å². The van der Waals surface area contributed by atoms with Crippen LogP contribution in [0.25, 0.3) is 0 Å². The Hall–Kier alpha value is -1.69. The summed E-state index contributed by atoms with van der Waals surface area (Å²) in [6.45, 7) is 4.97. The van der Waals surface area contributed by atoms with Crippen LogP contribution in [0, 0.1) is 5.92 Å². The molecular formula is C13H17N3O2S.